The van der Waals surface area contributed by atoms with Crippen molar-refractivity contribution < 1.29 is 29.3 Å². The highest BCUT2D eigenvalue weighted by Gasteiger charge is 2.57. The van der Waals surface area contributed by atoms with Gasteiger partial charge < -0.3 is 19.7 Å². The Bertz CT molecular complexity index is 827. The van der Waals surface area contributed by atoms with Gasteiger partial charge in [0.2, 0.25) is 0 Å². The van der Waals surface area contributed by atoms with Crippen LogP contribution in [-0.2, 0) is 19.1 Å². The molecular formula is C31H50O6. The van der Waals surface area contributed by atoms with Crippen molar-refractivity contribution in [2.24, 2.45) is 76.9 Å². The minimum Gasteiger partial charge on any atom is -0.481 e. The summed E-state index contributed by atoms with van der Waals surface area (Å²) in [7, 11) is 0. The summed E-state index contributed by atoms with van der Waals surface area (Å²) in [6.45, 7) is 9.01. The van der Waals surface area contributed by atoms with Gasteiger partial charge >= 0.3 is 11.9 Å². The number of carboxylic acid groups (broad SMARTS) is 1. The first-order chi connectivity index (χ1) is 17.7. The van der Waals surface area contributed by atoms with Crippen molar-refractivity contribution in [3.05, 3.63) is 0 Å². The molecule has 14 atom stereocenters. The average Bonchev–Trinajstić information content (AvgIpc) is 3.65. The van der Waals surface area contributed by atoms with Crippen LogP contribution in [0.4, 0.5) is 0 Å². The van der Waals surface area contributed by atoms with Crippen LogP contribution in [0.5, 0.6) is 0 Å². The predicted molar refractivity (Wildman–Crippen MR) is 140 cm³/mol. The SMILES string of the molecule is CC1CCC(C(C)C2C3CCC(C3)C2C(C(=O)OCOCC2C3CCC(C3)C2C)C(C)C(=O)O)CC1O. The summed E-state index contributed by atoms with van der Waals surface area (Å²) >= 11 is 0. The molecule has 5 saturated carbocycles. The molecule has 6 heteroatoms. The molecule has 210 valence electrons. The van der Waals surface area contributed by atoms with Gasteiger partial charge in [0.05, 0.1) is 24.5 Å². The van der Waals surface area contributed by atoms with Crippen molar-refractivity contribution in [1.29, 1.82) is 0 Å². The van der Waals surface area contributed by atoms with Crippen molar-refractivity contribution in [1.82, 2.24) is 0 Å². The van der Waals surface area contributed by atoms with E-state index in [1.54, 1.807) is 6.92 Å². The number of esters is 1. The topological polar surface area (TPSA) is 93.1 Å². The number of ether oxygens (including phenoxy) is 2. The zero-order valence-corrected chi connectivity index (χ0v) is 23.4. The van der Waals surface area contributed by atoms with E-state index in [4.69, 9.17) is 9.47 Å². The van der Waals surface area contributed by atoms with Crippen LogP contribution < -0.4 is 0 Å². The fourth-order valence-corrected chi connectivity index (χ4v) is 10.0. The zero-order valence-electron chi connectivity index (χ0n) is 23.4. The Morgan fingerprint density at radius 1 is 0.865 bits per heavy atom. The van der Waals surface area contributed by atoms with Crippen molar-refractivity contribution in [2.75, 3.05) is 13.4 Å². The second-order valence-electron chi connectivity index (χ2n) is 13.9. The molecule has 2 N–H and O–H groups in total. The van der Waals surface area contributed by atoms with E-state index < -0.39 is 17.8 Å². The van der Waals surface area contributed by atoms with Crippen molar-refractivity contribution in [3.63, 3.8) is 0 Å². The largest absolute Gasteiger partial charge is 0.481 e. The minimum atomic E-state index is -0.922. The maximum atomic E-state index is 13.6. The molecule has 0 aliphatic heterocycles. The van der Waals surface area contributed by atoms with E-state index >= 15 is 0 Å². The summed E-state index contributed by atoms with van der Waals surface area (Å²) in [5, 5.41) is 20.6. The maximum absolute atomic E-state index is 13.6. The van der Waals surface area contributed by atoms with Gasteiger partial charge in [-0.1, -0.05) is 27.7 Å². The van der Waals surface area contributed by atoms with Crippen molar-refractivity contribution >= 4 is 11.9 Å². The Balaban J connectivity index is 1.25. The van der Waals surface area contributed by atoms with Crippen LogP contribution >= 0.6 is 0 Å². The highest BCUT2D eigenvalue weighted by Crippen LogP contribution is 2.60. The molecule has 0 aromatic heterocycles. The first-order valence-corrected chi connectivity index (χ1v) is 15.3. The van der Waals surface area contributed by atoms with Gasteiger partial charge in [-0.25, -0.2) is 0 Å². The molecule has 0 saturated heterocycles. The average molecular weight is 519 g/mol. The summed E-state index contributed by atoms with van der Waals surface area (Å²) in [6.07, 6.45) is 10.0. The minimum absolute atomic E-state index is 0.0365. The Kier molecular flexibility index (Phi) is 8.27. The molecule has 6 nitrogen and oxygen atoms in total. The third kappa shape index (κ3) is 5.23. The van der Waals surface area contributed by atoms with E-state index in [1.165, 1.54) is 25.7 Å². The number of aliphatic hydroxyl groups is 1. The predicted octanol–water partition coefficient (Wildman–Crippen LogP) is 5.62. The summed E-state index contributed by atoms with van der Waals surface area (Å²) in [5.41, 5.74) is 0. The second kappa shape index (κ2) is 11.2. The molecule has 0 radical (unpaired) electrons. The first-order valence-electron chi connectivity index (χ1n) is 15.3. The lowest BCUT2D eigenvalue weighted by atomic mass is 9.60. The van der Waals surface area contributed by atoms with Crippen LogP contribution in [-0.4, -0.2) is 41.7 Å². The highest BCUT2D eigenvalue weighted by molar-refractivity contribution is 5.81. The van der Waals surface area contributed by atoms with Gasteiger partial charge in [0.1, 0.15) is 0 Å². The number of carbonyl (C=O) groups is 2. The van der Waals surface area contributed by atoms with Gasteiger partial charge in [-0.2, -0.15) is 0 Å². The quantitative estimate of drug-likeness (QED) is 0.222. The highest BCUT2D eigenvalue weighted by atomic mass is 16.7. The molecule has 5 fully saturated rings. The summed E-state index contributed by atoms with van der Waals surface area (Å²) in [5.74, 6) is 2.50. The number of hydrogen-bond acceptors (Lipinski definition) is 5. The Morgan fingerprint density at radius 3 is 2.16 bits per heavy atom. The summed E-state index contributed by atoms with van der Waals surface area (Å²) < 4.78 is 11.6. The van der Waals surface area contributed by atoms with Crippen LogP contribution in [0.1, 0.15) is 85.5 Å². The van der Waals surface area contributed by atoms with Crippen LogP contribution in [0, 0.1) is 76.9 Å². The van der Waals surface area contributed by atoms with Gasteiger partial charge in [0, 0.05) is 0 Å². The van der Waals surface area contributed by atoms with E-state index in [1.807, 2.05) is 0 Å². The number of aliphatic hydroxyl groups excluding tert-OH is 1. The molecule has 0 heterocycles. The Hall–Kier alpha value is -1.14. The normalized spacial score (nSPS) is 45.1. The maximum Gasteiger partial charge on any atom is 0.312 e. The van der Waals surface area contributed by atoms with Crippen LogP contribution in [0.25, 0.3) is 0 Å². The fraction of sp³-hybridized carbons (Fsp3) is 0.935. The van der Waals surface area contributed by atoms with Gasteiger partial charge in [-0.3, -0.25) is 9.59 Å². The molecule has 37 heavy (non-hydrogen) atoms. The summed E-state index contributed by atoms with van der Waals surface area (Å²) in [4.78, 5) is 25.8. The molecule has 14 unspecified atom stereocenters. The van der Waals surface area contributed by atoms with E-state index in [0.29, 0.717) is 54.0 Å². The smallest absolute Gasteiger partial charge is 0.312 e. The van der Waals surface area contributed by atoms with E-state index in [0.717, 1.165) is 43.9 Å². The fourth-order valence-electron chi connectivity index (χ4n) is 10.0. The van der Waals surface area contributed by atoms with Crippen molar-refractivity contribution in [3.8, 4) is 0 Å². The van der Waals surface area contributed by atoms with Gasteiger partial charge in [0.25, 0.3) is 0 Å². The molecule has 5 aliphatic carbocycles. The zero-order chi connectivity index (χ0) is 26.4. The summed E-state index contributed by atoms with van der Waals surface area (Å²) in [6, 6.07) is 0. The standard InChI is InChI=1S/C31H50O6/c1-16-5-6-21(13-26(16)32)18(3)27-23-9-10-24(12-23)29(27)28(19(4)30(33)34)31(35)37-15-36-14-25-17(2)20-7-8-22(25)11-20/h16-29,32H,5-15H2,1-4H3,(H,33,34). The lowest BCUT2D eigenvalue weighted by Crippen LogP contribution is -2.45. The lowest BCUT2D eigenvalue weighted by Gasteiger charge is -2.44. The van der Waals surface area contributed by atoms with E-state index in [-0.39, 0.29) is 24.8 Å². The number of carboxylic acids is 1. The molecule has 5 aliphatic rings. The number of hydrogen-bond donors (Lipinski definition) is 2. The van der Waals surface area contributed by atoms with Gasteiger partial charge in [-0.05, 0) is 123 Å². The third-order valence-corrected chi connectivity index (χ3v) is 12.3. The number of fused-ring (bicyclic) bond motifs is 4. The molecule has 0 aromatic rings. The van der Waals surface area contributed by atoms with Crippen LogP contribution in [0.3, 0.4) is 0 Å². The molecular weight excluding hydrogens is 468 g/mol. The number of carbonyl (C=O) groups excluding carboxylic acids is 1. The second-order valence-corrected chi connectivity index (χ2v) is 13.9. The van der Waals surface area contributed by atoms with Gasteiger partial charge in [-0.15, -0.1) is 0 Å². The molecule has 5 rings (SSSR count). The van der Waals surface area contributed by atoms with Gasteiger partial charge in [0.15, 0.2) is 6.79 Å². The molecule has 0 spiro atoms. The molecule has 0 aromatic carbocycles. The van der Waals surface area contributed by atoms with Crippen molar-refractivity contribution in [2.45, 2.75) is 91.6 Å². The Morgan fingerprint density at radius 2 is 1.51 bits per heavy atom. The molecule has 0 amide bonds. The lowest BCUT2D eigenvalue weighted by molar-refractivity contribution is -0.174. The number of aliphatic carboxylic acids is 1. The van der Waals surface area contributed by atoms with E-state index in [2.05, 4.69) is 20.8 Å². The first kappa shape index (κ1) is 27.4. The Labute approximate surface area is 223 Å². The monoisotopic (exact) mass is 518 g/mol. The van der Waals surface area contributed by atoms with Crippen LogP contribution in [0.2, 0.25) is 0 Å². The van der Waals surface area contributed by atoms with E-state index in [9.17, 15) is 19.8 Å². The number of rotatable bonds is 10. The third-order valence-electron chi connectivity index (χ3n) is 12.3. The molecule has 4 bridgehead atoms. The van der Waals surface area contributed by atoms with Crippen LogP contribution in [0.15, 0.2) is 0 Å².